The molecule has 0 radical (unpaired) electrons. The predicted molar refractivity (Wildman–Crippen MR) is 65.3 cm³/mol. The van der Waals surface area contributed by atoms with Crippen LogP contribution in [0, 0.1) is 0 Å². The van der Waals surface area contributed by atoms with Gasteiger partial charge in [0.15, 0.2) is 0 Å². The first-order valence-corrected chi connectivity index (χ1v) is 5.38. The highest BCUT2D eigenvalue weighted by molar-refractivity contribution is 5.92. The molecule has 3 nitrogen and oxygen atoms in total. The van der Waals surface area contributed by atoms with E-state index in [0.29, 0.717) is 6.04 Å². The lowest BCUT2D eigenvalue weighted by molar-refractivity contribution is -0.118. The highest BCUT2D eigenvalue weighted by Crippen LogP contribution is 2.05. The summed E-state index contributed by atoms with van der Waals surface area (Å²) in [5.41, 5.74) is 0.808. The Bertz CT molecular complexity index is 221. The second kappa shape index (κ2) is 7.71. The van der Waals surface area contributed by atoms with E-state index >= 15 is 0 Å². The summed E-state index contributed by atoms with van der Waals surface area (Å²) in [5.74, 6) is 0.0828. The molecule has 0 aromatic rings. The van der Waals surface area contributed by atoms with Gasteiger partial charge in [-0.25, -0.2) is 0 Å². The van der Waals surface area contributed by atoms with Crippen molar-refractivity contribution in [2.75, 3.05) is 13.1 Å². The first-order chi connectivity index (χ1) is 6.74. The Labute approximate surface area is 98.1 Å². The summed E-state index contributed by atoms with van der Waals surface area (Å²) >= 11 is 0. The topological polar surface area (TPSA) is 41.1 Å². The number of rotatable bonds is 2. The van der Waals surface area contributed by atoms with Gasteiger partial charge in [-0.15, -0.1) is 12.4 Å². The molecule has 1 aliphatic rings. The summed E-state index contributed by atoms with van der Waals surface area (Å²) in [6.45, 7) is 5.84. The van der Waals surface area contributed by atoms with Crippen molar-refractivity contribution >= 4 is 18.3 Å². The van der Waals surface area contributed by atoms with E-state index in [1.807, 2.05) is 19.9 Å². The number of hydrogen-bond donors (Lipinski definition) is 2. The van der Waals surface area contributed by atoms with Crippen LogP contribution in [0.5, 0.6) is 0 Å². The Balaban J connectivity index is 0.00000196. The second-order valence-electron chi connectivity index (χ2n) is 3.82. The Hall–Kier alpha value is -0.540. The molecule has 1 rings (SSSR count). The number of halogens is 1. The van der Waals surface area contributed by atoms with Gasteiger partial charge in [0, 0.05) is 11.6 Å². The van der Waals surface area contributed by atoms with E-state index < -0.39 is 0 Å². The van der Waals surface area contributed by atoms with Crippen molar-refractivity contribution in [3.05, 3.63) is 11.6 Å². The third-order valence-electron chi connectivity index (χ3n) is 2.70. The fourth-order valence-electron chi connectivity index (χ4n) is 1.59. The molecule has 0 aliphatic carbocycles. The van der Waals surface area contributed by atoms with E-state index in [1.54, 1.807) is 0 Å². The van der Waals surface area contributed by atoms with Crippen molar-refractivity contribution in [1.29, 1.82) is 0 Å². The van der Waals surface area contributed by atoms with Crippen LogP contribution in [0.2, 0.25) is 0 Å². The van der Waals surface area contributed by atoms with Crippen molar-refractivity contribution < 1.29 is 4.79 Å². The van der Waals surface area contributed by atoms with E-state index in [0.717, 1.165) is 37.9 Å². The standard InChI is InChI=1S/C11H20N2O.ClH/c1-3-9(2)11(14)13-10-5-4-7-12-8-6-10;/h3,10,12H,4-8H2,1-2H3,(H,13,14);1H/b9-3-;. The van der Waals surface area contributed by atoms with Gasteiger partial charge < -0.3 is 10.6 Å². The molecule has 1 fully saturated rings. The molecular formula is C11H21ClN2O. The quantitative estimate of drug-likeness (QED) is 0.711. The average molecular weight is 233 g/mol. The van der Waals surface area contributed by atoms with Crippen molar-refractivity contribution in [3.63, 3.8) is 0 Å². The van der Waals surface area contributed by atoms with Gasteiger partial charge in [-0.1, -0.05) is 6.08 Å². The molecule has 0 spiro atoms. The fourth-order valence-corrected chi connectivity index (χ4v) is 1.59. The minimum absolute atomic E-state index is 0. The van der Waals surface area contributed by atoms with Gasteiger partial charge in [-0.05, 0) is 46.2 Å². The van der Waals surface area contributed by atoms with Crippen LogP contribution in [0.25, 0.3) is 0 Å². The Morgan fingerprint density at radius 2 is 2.13 bits per heavy atom. The monoisotopic (exact) mass is 232 g/mol. The van der Waals surface area contributed by atoms with Gasteiger partial charge in [-0.3, -0.25) is 4.79 Å². The van der Waals surface area contributed by atoms with Crippen molar-refractivity contribution in [1.82, 2.24) is 10.6 Å². The smallest absolute Gasteiger partial charge is 0.246 e. The lowest BCUT2D eigenvalue weighted by Gasteiger charge is -2.15. The van der Waals surface area contributed by atoms with Crippen molar-refractivity contribution in [2.45, 2.75) is 39.2 Å². The van der Waals surface area contributed by atoms with Crippen LogP contribution in [0.3, 0.4) is 0 Å². The zero-order chi connectivity index (χ0) is 10.4. The maximum atomic E-state index is 11.6. The number of carbonyl (C=O) groups is 1. The molecule has 1 saturated heterocycles. The number of carbonyl (C=O) groups excluding carboxylic acids is 1. The zero-order valence-corrected chi connectivity index (χ0v) is 10.3. The molecular weight excluding hydrogens is 212 g/mol. The van der Waals surface area contributed by atoms with Crippen LogP contribution < -0.4 is 10.6 Å². The molecule has 88 valence electrons. The molecule has 2 N–H and O–H groups in total. The second-order valence-corrected chi connectivity index (χ2v) is 3.82. The van der Waals surface area contributed by atoms with Crippen LogP contribution >= 0.6 is 12.4 Å². The summed E-state index contributed by atoms with van der Waals surface area (Å²) < 4.78 is 0. The first-order valence-electron chi connectivity index (χ1n) is 5.38. The largest absolute Gasteiger partial charge is 0.350 e. The average Bonchev–Trinajstić information content (AvgIpc) is 2.45. The van der Waals surface area contributed by atoms with Gasteiger partial charge in [0.25, 0.3) is 0 Å². The third-order valence-corrected chi connectivity index (χ3v) is 2.70. The van der Waals surface area contributed by atoms with Gasteiger partial charge >= 0.3 is 0 Å². The fraction of sp³-hybridized carbons (Fsp3) is 0.727. The van der Waals surface area contributed by atoms with E-state index in [-0.39, 0.29) is 18.3 Å². The molecule has 1 atom stereocenters. The number of nitrogens with one attached hydrogen (secondary N) is 2. The number of hydrogen-bond acceptors (Lipinski definition) is 2. The van der Waals surface area contributed by atoms with E-state index in [4.69, 9.17) is 0 Å². The highest BCUT2D eigenvalue weighted by atomic mass is 35.5. The molecule has 1 aliphatic heterocycles. The first kappa shape index (κ1) is 14.5. The van der Waals surface area contributed by atoms with Crippen LogP contribution in [-0.2, 0) is 4.79 Å². The number of allylic oxidation sites excluding steroid dienone is 1. The number of amides is 1. The van der Waals surface area contributed by atoms with E-state index in [2.05, 4.69) is 10.6 Å². The summed E-state index contributed by atoms with van der Waals surface area (Å²) in [6.07, 6.45) is 5.14. The summed E-state index contributed by atoms with van der Waals surface area (Å²) in [7, 11) is 0. The molecule has 1 amide bonds. The van der Waals surface area contributed by atoms with E-state index in [9.17, 15) is 4.79 Å². The molecule has 15 heavy (non-hydrogen) atoms. The van der Waals surface area contributed by atoms with Gasteiger partial charge in [0.1, 0.15) is 0 Å². The molecule has 4 heteroatoms. The van der Waals surface area contributed by atoms with Crippen LogP contribution in [0.15, 0.2) is 11.6 Å². The predicted octanol–water partition coefficient (Wildman–Crippen LogP) is 1.63. The van der Waals surface area contributed by atoms with Crippen molar-refractivity contribution in [3.8, 4) is 0 Å². The Morgan fingerprint density at radius 1 is 1.40 bits per heavy atom. The van der Waals surface area contributed by atoms with Crippen LogP contribution in [-0.4, -0.2) is 25.0 Å². The minimum Gasteiger partial charge on any atom is -0.350 e. The van der Waals surface area contributed by atoms with Crippen LogP contribution in [0.1, 0.15) is 33.1 Å². The highest BCUT2D eigenvalue weighted by Gasteiger charge is 2.14. The SMILES string of the molecule is C/C=C(/C)C(=O)NC1CCCNCC1.Cl. The molecule has 1 unspecified atom stereocenters. The zero-order valence-electron chi connectivity index (χ0n) is 9.51. The minimum atomic E-state index is 0. The van der Waals surface area contributed by atoms with Gasteiger partial charge in [-0.2, -0.15) is 0 Å². The molecule has 0 saturated carbocycles. The lowest BCUT2D eigenvalue weighted by Crippen LogP contribution is -2.35. The Morgan fingerprint density at radius 3 is 2.80 bits per heavy atom. The van der Waals surface area contributed by atoms with Gasteiger partial charge in [0.2, 0.25) is 5.91 Å². The third kappa shape index (κ3) is 5.19. The molecule has 1 heterocycles. The normalized spacial score (nSPS) is 22.5. The lowest BCUT2D eigenvalue weighted by atomic mass is 10.1. The summed E-state index contributed by atoms with van der Waals surface area (Å²) in [6, 6.07) is 0.354. The van der Waals surface area contributed by atoms with Crippen molar-refractivity contribution in [2.24, 2.45) is 0 Å². The summed E-state index contributed by atoms with van der Waals surface area (Å²) in [5, 5.41) is 6.39. The molecule has 0 aromatic carbocycles. The molecule has 0 bridgehead atoms. The van der Waals surface area contributed by atoms with E-state index in [1.165, 1.54) is 0 Å². The maximum absolute atomic E-state index is 11.6. The summed E-state index contributed by atoms with van der Waals surface area (Å²) in [4.78, 5) is 11.6. The Kier molecular flexibility index (Phi) is 7.44. The maximum Gasteiger partial charge on any atom is 0.246 e. The van der Waals surface area contributed by atoms with Crippen LogP contribution in [0.4, 0.5) is 0 Å². The molecule has 0 aromatic heterocycles. The van der Waals surface area contributed by atoms with Gasteiger partial charge in [0.05, 0.1) is 0 Å².